The van der Waals surface area contributed by atoms with Gasteiger partial charge in [-0.05, 0) is 37.1 Å². The SMILES string of the molecule is COCc1cc(OC)c(Cl)cc1C(C)(C)N. The van der Waals surface area contributed by atoms with Crippen LogP contribution in [0.2, 0.25) is 5.02 Å². The minimum atomic E-state index is -0.455. The van der Waals surface area contributed by atoms with Crippen LogP contribution in [0.15, 0.2) is 12.1 Å². The molecule has 0 fully saturated rings. The summed E-state index contributed by atoms with van der Waals surface area (Å²) in [5, 5.41) is 0.566. The summed E-state index contributed by atoms with van der Waals surface area (Å²) in [6.45, 7) is 4.36. The largest absolute Gasteiger partial charge is 0.495 e. The zero-order chi connectivity index (χ0) is 12.3. The van der Waals surface area contributed by atoms with Gasteiger partial charge in [-0.3, -0.25) is 0 Å². The summed E-state index contributed by atoms with van der Waals surface area (Å²) in [5.41, 5.74) is 7.61. The maximum absolute atomic E-state index is 6.09. The fraction of sp³-hybridized carbons (Fsp3) is 0.500. The van der Waals surface area contributed by atoms with Crippen LogP contribution in [0, 0.1) is 0 Å². The van der Waals surface area contributed by atoms with Gasteiger partial charge in [0, 0.05) is 12.6 Å². The number of benzene rings is 1. The van der Waals surface area contributed by atoms with Crippen molar-refractivity contribution in [1.82, 2.24) is 0 Å². The van der Waals surface area contributed by atoms with Crippen molar-refractivity contribution in [2.75, 3.05) is 14.2 Å². The molecule has 0 radical (unpaired) electrons. The second kappa shape index (κ2) is 5.04. The van der Waals surface area contributed by atoms with Crippen LogP contribution in [0.3, 0.4) is 0 Å². The molecular weight excluding hydrogens is 226 g/mol. The summed E-state index contributed by atoms with van der Waals surface area (Å²) in [7, 11) is 3.24. The molecule has 1 rings (SSSR count). The van der Waals surface area contributed by atoms with Crippen molar-refractivity contribution in [3.8, 4) is 5.75 Å². The lowest BCUT2D eigenvalue weighted by Gasteiger charge is -2.24. The Bertz CT molecular complexity index is 372. The second-order valence-corrected chi connectivity index (χ2v) is 4.71. The Morgan fingerprint density at radius 2 is 1.94 bits per heavy atom. The van der Waals surface area contributed by atoms with E-state index >= 15 is 0 Å². The number of nitrogens with two attached hydrogens (primary N) is 1. The average Bonchev–Trinajstić information content (AvgIpc) is 2.19. The molecule has 0 unspecified atom stereocenters. The predicted octanol–water partition coefficient (Wildman–Crippen LogP) is 2.69. The van der Waals surface area contributed by atoms with Gasteiger partial charge in [-0.1, -0.05) is 11.6 Å². The molecule has 2 N–H and O–H groups in total. The van der Waals surface area contributed by atoms with Gasteiger partial charge >= 0.3 is 0 Å². The molecule has 0 aromatic heterocycles. The van der Waals surface area contributed by atoms with E-state index < -0.39 is 5.54 Å². The first-order valence-electron chi connectivity index (χ1n) is 5.05. The minimum Gasteiger partial charge on any atom is -0.495 e. The van der Waals surface area contributed by atoms with Gasteiger partial charge in [0.2, 0.25) is 0 Å². The molecule has 0 spiro atoms. The van der Waals surface area contributed by atoms with Gasteiger partial charge in [0.05, 0.1) is 18.7 Å². The van der Waals surface area contributed by atoms with Crippen LogP contribution in [0.25, 0.3) is 0 Å². The van der Waals surface area contributed by atoms with Crippen molar-refractivity contribution in [2.45, 2.75) is 26.0 Å². The van der Waals surface area contributed by atoms with E-state index in [1.54, 1.807) is 14.2 Å². The number of methoxy groups -OCH3 is 2. The zero-order valence-corrected chi connectivity index (χ0v) is 10.9. The summed E-state index contributed by atoms with van der Waals surface area (Å²) in [6.07, 6.45) is 0. The summed E-state index contributed by atoms with van der Waals surface area (Å²) in [4.78, 5) is 0. The number of halogens is 1. The smallest absolute Gasteiger partial charge is 0.137 e. The molecule has 4 heteroatoms. The minimum absolute atomic E-state index is 0.455. The Kier molecular flexibility index (Phi) is 4.19. The zero-order valence-electron chi connectivity index (χ0n) is 10.1. The van der Waals surface area contributed by atoms with Crippen molar-refractivity contribution in [1.29, 1.82) is 0 Å². The van der Waals surface area contributed by atoms with Crippen molar-refractivity contribution in [3.05, 3.63) is 28.3 Å². The van der Waals surface area contributed by atoms with Crippen LogP contribution in [0.4, 0.5) is 0 Å². The highest BCUT2D eigenvalue weighted by molar-refractivity contribution is 6.32. The Morgan fingerprint density at radius 1 is 1.31 bits per heavy atom. The molecule has 1 aromatic rings. The first kappa shape index (κ1) is 13.3. The maximum Gasteiger partial charge on any atom is 0.137 e. The molecule has 3 nitrogen and oxygen atoms in total. The van der Waals surface area contributed by atoms with E-state index in [0.29, 0.717) is 17.4 Å². The molecular formula is C12H18ClNO2. The lowest BCUT2D eigenvalue weighted by molar-refractivity contribution is 0.182. The lowest BCUT2D eigenvalue weighted by atomic mass is 9.91. The topological polar surface area (TPSA) is 44.5 Å². The van der Waals surface area contributed by atoms with Crippen molar-refractivity contribution in [2.24, 2.45) is 5.73 Å². The summed E-state index contributed by atoms with van der Waals surface area (Å²) in [5.74, 6) is 0.640. The standard InChI is InChI=1S/C12H18ClNO2/c1-12(2,14)9-6-10(13)11(16-4)5-8(9)7-15-3/h5-6H,7,14H2,1-4H3. The van der Waals surface area contributed by atoms with E-state index in [1.807, 2.05) is 26.0 Å². The Morgan fingerprint density at radius 3 is 2.38 bits per heavy atom. The van der Waals surface area contributed by atoms with Gasteiger partial charge < -0.3 is 15.2 Å². The van der Waals surface area contributed by atoms with Crippen LogP contribution >= 0.6 is 11.6 Å². The highest BCUT2D eigenvalue weighted by Gasteiger charge is 2.20. The predicted molar refractivity (Wildman–Crippen MR) is 65.9 cm³/mol. The van der Waals surface area contributed by atoms with Crippen LogP contribution in [-0.4, -0.2) is 14.2 Å². The highest BCUT2D eigenvalue weighted by Crippen LogP contribution is 2.32. The second-order valence-electron chi connectivity index (χ2n) is 4.30. The molecule has 0 heterocycles. The normalized spacial score (nSPS) is 11.6. The molecule has 0 amide bonds. The number of ether oxygens (including phenoxy) is 2. The third-order valence-electron chi connectivity index (χ3n) is 2.37. The molecule has 0 aliphatic heterocycles. The first-order valence-corrected chi connectivity index (χ1v) is 5.42. The molecule has 0 bridgehead atoms. The van der Waals surface area contributed by atoms with E-state index in [4.69, 9.17) is 26.8 Å². The van der Waals surface area contributed by atoms with Crippen LogP contribution < -0.4 is 10.5 Å². The lowest BCUT2D eigenvalue weighted by Crippen LogP contribution is -2.30. The van der Waals surface area contributed by atoms with Crippen molar-refractivity contribution >= 4 is 11.6 Å². The van der Waals surface area contributed by atoms with Crippen molar-refractivity contribution < 1.29 is 9.47 Å². The number of hydrogen-bond acceptors (Lipinski definition) is 3. The first-order chi connectivity index (χ1) is 7.40. The Labute approximate surface area is 101 Å². The van der Waals surface area contributed by atoms with Gasteiger partial charge in [0.25, 0.3) is 0 Å². The highest BCUT2D eigenvalue weighted by atomic mass is 35.5. The monoisotopic (exact) mass is 243 g/mol. The van der Waals surface area contributed by atoms with E-state index in [9.17, 15) is 0 Å². The third kappa shape index (κ3) is 2.88. The van der Waals surface area contributed by atoms with Gasteiger partial charge in [-0.15, -0.1) is 0 Å². The molecule has 0 aliphatic rings. The molecule has 0 saturated carbocycles. The van der Waals surface area contributed by atoms with E-state index in [1.165, 1.54) is 0 Å². The fourth-order valence-electron chi connectivity index (χ4n) is 1.63. The van der Waals surface area contributed by atoms with E-state index in [0.717, 1.165) is 11.1 Å². The molecule has 0 aliphatic carbocycles. The molecule has 0 saturated heterocycles. The summed E-state index contributed by atoms with van der Waals surface area (Å²) in [6, 6.07) is 3.71. The van der Waals surface area contributed by atoms with Gasteiger partial charge in [0.1, 0.15) is 5.75 Å². The quantitative estimate of drug-likeness (QED) is 0.884. The number of hydrogen-bond donors (Lipinski definition) is 1. The fourth-order valence-corrected chi connectivity index (χ4v) is 1.87. The number of rotatable bonds is 4. The van der Waals surface area contributed by atoms with Gasteiger partial charge in [0.15, 0.2) is 0 Å². The molecule has 16 heavy (non-hydrogen) atoms. The van der Waals surface area contributed by atoms with Crippen LogP contribution in [0.5, 0.6) is 5.75 Å². The molecule has 1 aromatic carbocycles. The van der Waals surface area contributed by atoms with Crippen molar-refractivity contribution in [3.63, 3.8) is 0 Å². The summed E-state index contributed by atoms with van der Waals surface area (Å²) < 4.78 is 10.3. The van der Waals surface area contributed by atoms with Crippen LogP contribution in [-0.2, 0) is 16.9 Å². The third-order valence-corrected chi connectivity index (χ3v) is 2.67. The van der Waals surface area contributed by atoms with Gasteiger partial charge in [-0.25, -0.2) is 0 Å². The van der Waals surface area contributed by atoms with Gasteiger partial charge in [-0.2, -0.15) is 0 Å². The molecule has 0 atom stereocenters. The summed E-state index contributed by atoms with van der Waals surface area (Å²) >= 11 is 6.09. The van der Waals surface area contributed by atoms with Crippen LogP contribution in [0.1, 0.15) is 25.0 Å². The maximum atomic E-state index is 6.09. The van der Waals surface area contributed by atoms with E-state index in [-0.39, 0.29) is 0 Å². The Hall–Kier alpha value is -0.770. The van der Waals surface area contributed by atoms with E-state index in [2.05, 4.69) is 0 Å². The Balaban J connectivity index is 3.30. The average molecular weight is 244 g/mol. The molecule has 90 valence electrons.